The Morgan fingerprint density at radius 1 is 1.35 bits per heavy atom. The fourth-order valence-electron chi connectivity index (χ4n) is 1.23. The predicted octanol–water partition coefficient (Wildman–Crippen LogP) is 1.11. The van der Waals surface area contributed by atoms with Crippen LogP contribution in [-0.4, -0.2) is 25.1 Å². The Morgan fingerprint density at radius 3 is 2.29 bits per heavy atom. The summed E-state index contributed by atoms with van der Waals surface area (Å²) in [6, 6.07) is 4.66. The summed E-state index contributed by atoms with van der Waals surface area (Å²) in [4.78, 5) is 9.93. The molecular weight excluding hydrogens is 244 g/mol. The van der Waals surface area contributed by atoms with Gasteiger partial charge in [0.1, 0.15) is 0 Å². The smallest absolute Gasteiger partial charge is 0.269 e. The predicted molar refractivity (Wildman–Crippen MR) is 63.4 cm³/mol. The van der Waals surface area contributed by atoms with Gasteiger partial charge in [-0.05, 0) is 25.5 Å². The van der Waals surface area contributed by atoms with Gasteiger partial charge in [-0.3, -0.25) is 10.1 Å². The quantitative estimate of drug-likeness (QED) is 0.629. The van der Waals surface area contributed by atoms with Gasteiger partial charge in [0.25, 0.3) is 5.69 Å². The monoisotopic (exact) mass is 258 g/mol. The van der Waals surface area contributed by atoms with Crippen molar-refractivity contribution < 1.29 is 13.3 Å². The second-order valence-electron chi connectivity index (χ2n) is 3.84. The number of hydrogen-bond donors (Lipinski definition) is 1. The van der Waals surface area contributed by atoms with Gasteiger partial charge >= 0.3 is 0 Å². The second-order valence-corrected chi connectivity index (χ2v) is 5.94. The molecule has 17 heavy (non-hydrogen) atoms. The molecule has 0 spiro atoms. The van der Waals surface area contributed by atoms with Crippen molar-refractivity contribution in [2.24, 2.45) is 5.73 Å². The molecule has 0 saturated heterocycles. The number of nitro groups is 1. The van der Waals surface area contributed by atoms with Crippen molar-refractivity contribution in [3.05, 3.63) is 34.4 Å². The number of hydrogen-bond acceptors (Lipinski definition) is 5. The molecule has 0 aliphatic heterocycles. The first kappa shape index (κ1) is 13.6. The molecule has 1 atom stereocenters. The van der Waals surface area contributed by atoms with Gasteiger partial charge in [-0.25, -0.2) is 8.42 Å². The van der Waals surface area contributed by atoms with Gasteiger partial charge in [-0.2, -0.15) is 0 Å². The number of nitro benzene ring substituents is 1. The van der Waals surface area contributed by atoms with Crippen LogP contribution in [0.4, 0.5) is 5.69 Å². The maximum atomic E-state index is 11.8. The molecule has 2 N–H and O–H groups in total. The molecule has 0 aromatic heterocycles. The molecule has 1 rings (SSSR count). The highest BCUT2D eigenvalue weighted by Gasteiger charge is 2.16. The lowest BCUT2D eigenvalue weighted by Crippen LogP contribution is -2.20. The Morgan fingerprint density at radius 2 is 1.88 bits per heavy atom. The lowest BCUT2D eigenvalue weighted by Gasteiger charge is -2.06. The van der Waals surface area contributed by atoms with Crippen LogP contribution in [0.1, 0.15) is 13.3 Å². The van der Waals surface area contributed by atoms with Crippen LogP contribution >= 0.6 is 0 Å². The first-order valence-electron chi connectivity index (χ1n) is 5.06. The molecule has 1 aromatic rings. The number of nitrogens with two attached hydrogens (primary N) is 1. The molecule has 94 valence electrons. The molecule has 0 radical (unpaired) electrons. The Kier molecular flexibility index (Phi) is 4.19. The lowest BCUT2D eigenvalue weighted by atomic mass is 10.3. The van der Waals surface area contributed by atoms with Crippen LogP contribution in [0.2, 0.25) is 0 Å². The highest BCUT2D eigenvalue weighted by molar-refractivity contribution is 7.91. The third kappa shape index (κ3) is 3.79. The van der Waals surface area contributed by atoms with Gasteiger partial charge < -0.3 is 5.73 Å². The molecule has 6 nitrogen and oxygen atoms in total. The fraction of sp³-hybridized carbons (Fsp3) is 0.400. The van der Waals surface area contributed by atoms with Crippen molar-refractivity contribution in [2.75, 3.05) is 5.75 Å². The Bertz CT molecular complexity index is 494. The van der Waals surface area contributed by atoms with Gasteiger partial charge in [0.15, 0.2) is 9.84 Å². The van der Waals surface area contributed by atoms with Crippen LogP contribution < -0.4 is 5.73 Å². The van der Waals surface area contributed by atoms with Crippen molar-refractivity contribution >= 4 is 15.5 Å². The Hall–Kier alpha value is -1.47. The minimum Gasteiger partial charge on any atom is -0.328 e. The largest absolute Gasteiger partial charge is 0.328 e. The van der Waals surface area contributed by atoms with Crippen LogP contribution in [0.15, 0.2) is 29.2 Å². The summed E-state index contributed by atoms with van der Waals surface area (Å²) in [6.45, 7) is 1.73. The molecule has 1 aromatic carbocycles. The molecule has 0 saturated carbocycles. The number of benzene rings is 1. The van der Waals surface area contributed by atoms with E-state index < -0.39 is 14.8 Å². The maximum absolute atomic E-state index is 11.8. The van der Waals surface area contributed by atoms with Gasteiger partial charge in [0.2, 0.25) is 0 Å². The molecule has 0 amide bonds. The highest BCUT2D eigenvalue weighted by atomic mass is 32.2. The number of rotatable bonds is 5. The van der Waals surface area contributed by atoms with E-state index in [2.05, 4.69) is 0 Å². The van der Waals surface area contributed by atoms with E-state index in [4.69, 9.17) is 5.73 Å². The van der Waals surface area contributed by atoms with Crippen molar-refractivity contribution in [3.8, 4) is 0 Å². The maximum Gasteiger partial charge on any atom is 0.269 e. The summed E-state index contributed by atoms with van der Waals surface area (Å²) >= 11 is 0. The van der Waals surface area contributed by atoms with Crippen molar-refractivity contribution in [2.45, 2.75) is 24.3 Å². The molecule has 0 heterocycles. The summed E-state index contributed by atoms with van der Waals surface area (Å²) < 4.78 is 23.6. The van der Waals surface area contributed by atoms with E-state index in [-0.39, 0.29) is 22.4 Å². The zero-order valence-electron chi connectivity index (χ0n) is 9.37. The van der Waals surface area contributed by atoms with Gasteiger partial charge in [-0.15, -0.1) is 0 Å². The van der Waals surface area contributed by atoms with Crippen molar-refractivity contribution in [3.63, 3.8) is 0 Å². The molecule has 7 heteroatoms. The van der Waals surface area contributed by atoms with E-state index in [9.17, 15) is 18.5 Å². The van der Waals surface area contributed by atoms with Gasteiger partial charge in [0, 0.05) is 18.2 Å². The van der Waals surface area contributed by atoms with Crippen LogP contribution in [0.25, 0.3) is 0 Å². The normalized spacial score (nSPS) is 13.3. The van der Waals surface area contributed by atoms with Gasteiger partial charge in [-0.1, -0.05) is 0 Å². The average molecular weight is 258 g/mol. The van der Waals surface area contributed by atoms with Crippen LogP contribution in [0, 0.1) is 10.1 Å². The number of non-ortho nitro benzene ring substituents is 1. The minimum atomic E-state index is -3.40. The molecule has 1 unspecified atom stereocenters. The molecular formula is C10H14N2O4S. The van der Waals surface area contributed by atoms with Gasteiger partial charge in [0.05, 0.1) is 15.6 Å². The summed E-state index contributed by atoms with van der Waals surface area (Å²) in [5.74, 6) is -0.0531. The fourth-order valence-corrected chi connectivity index (χ4v) is 2.70. The van der Waals surface area contributed by atoms with E-state index >= 15 is 0 Å². The minimum absolute atomic E-state index is 0.0531. The second kappa shape index (κ2) is 5.24. The first-order chi connectivity index (χ1) is 7.83. The van der Waals surface area contributed by atoms with Crippen LogP contribution in [0.5, 0.6) is 0 Å². The van der Waals surface area contributed by atoms with Crippen molar-refractivity contribution in [1.29, 1.82) is 0 Å². The molecule has 0 aliphatic rings. The third-order valence-electron chi connectivity index (χ3n) is 2.25. The molecule has 0 aliphatic carbocycles. The lowest BCUT2D eigenvalue weighted by molar-refractivity contribution is -0.384. The SMILES string of the molecule is CC(N)CCS(=O)(=O)c1ccc([N+](=O)[O-])cc1. The van der Waals surface area contributed by atoms with Crippen LogP contribution in [0.3, 0.4) is 0 Å². The topological polar surface area (TPSA) is 103 Å². The molecule has 0 bridgehead atoms. The Labute approximate surface area is 99.5 Å². The highest BCUT2D eigenvalue weighted by Crippen LogP contribution is 2.17. The average Bonchev–Trinajstić information content (AvgIpc) is 2.27. The summed E-state index contributed by atoms with van der Waals surface area (Å²) in [7, 11) is -3.40. The molecule has 0 fully saturated rings. The van der Waals surface area contributed by atoms with E-state index in [0.717, 1.165) is 0 Å². The standard InChI is InChI=1S/C10H14N2O4S/c1-8(11)6-7-17(15,16)10-4-2-9(3-5-10)12(13)14/h2-5,8H,6-7,11H2,1H3. The van der Waals surface area contributed by atoms with E-state index in [1.165, 1.54) is 24.3 Å². The van der Waals surface area contributed by atoms with Crippen LogP contribution in [-0.2, 0) is 9.84 Å². The third-order valence-corrected chi connectivity index (χ3v) is 4.01. The first-order valence-corrected chi connectivity index (χ1v) is 6.71. The van der Waals surface area contributed by atoms with Crippen molar-refractivity contribution in [1.82, 2.24) is 0 Å². The summed E-state index contributed by atoms with van der Waals surface area (Å²) in [6.07, 6.45) is 0.360. The Balaban J connectivity index is 2.89. The van der Waals surface area contributed by atoms with E-state index in [1.54, 1.807) is 6.92 Å². The summed E-state index contributed by atoms with van der Waals surface area (Å²) in [5, 5.41) is 10.4. The zero-order chi connectivity index (χ0) is 13.1. The van der Waals surface area contributed by atoms with E-state index in [0.29, 0.717) is 6.42 Å². The number of nitrogens with zero attached hydrogens (tertiary/aromatic N) is 1. The van der Waals surface area contributed by atoms with E-state index in [1.807, 2.05) is 0 Å². The summed E-state index contributed by atoms with van der Waals surface area (Å²) in [5.41, 5.74) is 5.36. The number of sulfone groups is 1. The zero-order valence-corrected chi connectivity index (χ0v) is 10.2.